The third-order valence-corrected chi connectivity index (χ3v) is 1.26. The number of hydrogen-bond acceptors (Lipinski definition) is 0. The molecule has 0 radical (unpaired) electrons. The summed E-state index contributed by atoms with van der Waals surface area (Å²) in [6.07, 6.45) is 12.2. The Balaban J connectivity index is -0.0000000404. The third kappa shape index (κ3) is 268. The Kier molecular flexibility index (Phi) is 120. The Morgan fingerprint density at radius 1 is 0.778 bits per heavy atom. The van der Waals surface area contributed by atoms with E-state index in [1.54, 1.807) is 0 Å². The summed E-state index contributed by atoms with van der Waals surface area (Å²) in [4.78, 5) is 0. The molecular weight excluding hydrogens is 216 g/mol. The van der Waals surface area contributed by atoms with Crippen LogP contribution >= 0.6 is 0 Å². The highest BCUT2D eigenvalue weighted by atomic mass is 13.6. The van der Waals surface area contributed by atoms with E-state index in [0.717, 1.165) is 12.8 Å². The van der Waals surface area contributed by atoms with Crippen molar-refractivity contribution in [2.24, 2.45) is 0 Å². The summed E-state index contributed by atoms with van der Waals surface area (Å²) in [5, 5.41) is 0. The molecule has 0 nitrogen and oxygen atoms in total. The van der Waals surface area contributed by atoms with Crippen LogP contribution in [0.5, 0.6) is 0 Å². The van der Waals surface area contributed by atoms with E-state index in [0.29, 0.717) is 0 Å². The molecule has 0 aliphatic rings. The van der Waals surface area contributed by atoms with Crippen molar-refractivity contribution in [1.82, 2.24) is 0 Å². The minimum Gasteiger partial charge on any atom is -0.103 e. The topological polar surface area (TPSA) is 0 Å². The molecule has 114 valence electrons. The van der Waals surface area contributed by atoms with E-state index in [2.05, 4.69) is 60.3 Å². The molecule has 0 aromatic rings. The van der Waals surface area contributed by atoms with Crippen molar-refractivity contribution >= 4 is 0 Å². The predicted molar refractivity (Wildman–Crippen MR) is 93.5 cm³/mol. The number of hydrogen-bond donors (Lipinski definition) is 0. The molecule has 0 aliphatic carbocycles. The van der Waals surface area contributed by atoms with Crippen molar-refractivity contribution in [2.45, 2.75) is 94.4 Å². The molecule has 0 amide bonds. The van der Waals surface area contributed by atoms with Crippen molar-refractivity contribution in [2.75, 3.05) is 0 Å². The largest absolute Gasteiger partial charge is 0.103 e. The zero-order valence-corrected chi connectivity index (χ0v) is 15.0. The molecule has 0 fully saturated rings. The maximum atomic E-state index is 3.48. The van der Waals surface area contributed by atoms with E-state index in [1.807, 2.05) is 26.8 Å². The van der Waals surface area contributed by atoms with Crippen LogP contribution < -0.4 is 0 Å². The predicted octanol–water partition coefficient (Wildman–Crippen LogP) is 7.80. The second-order valence-electron chi connectivity index (χ2n) is 3.38. The standard InChI is InChI=1S/C5H10.C4H10.C4H8.C3H8.C2H6/c1-3-5-4-2;2*1-3-4-2;1-3-2;1-2/h3,5H,4H2,1-2H3;3-4H2,1-2H3;3H,1,4H2,2H3;3H2,1-2H3;1-2H3/b5-3-;;;;. The molecule has 0 heteroatoms. The molecule has 18 heavy (non-hydrogen) atoms. The van der Waals surface area contributed by atoms with Crippen LogP contribution in [-0.2, 0) is 0 Å². The highest BCUT2D eigenvalue weighted by Gasteiger charge is 1.56. The van der Waals surface area contributed by atoms with Gasteiger partial charge in [0.25, 0.3) is 0 Å². The first-order chi connectivity index (χ1) is 8.66. The Bertz CT molecular complexity index is 88.2. The van der Waals surface area contributed by atoms with Crippen LogP contribution in [0, 0.1) is 0 Å². The van der Waals surface area contributed by atoms with Crippen LogP contribution in [-0.4, -0.2) is 0 Å². The summed E-state index contributed by atoms with van der Waals surface area (Å²) in [5.41, 5.74) is 0. The maximum Gasteiger partial charge on any atom is -0.0379 e. The normalized spacial score (nSPS) is 7.17. The summed E-state index contributed by atoms with van der Waals surface area (Å²) in [6, 6.07) is 0. The molecule has 0 aliphatic heterocycles. The lowest BCUT2D eigenvalue weighted by Crippen LogP contribution is -1.47. The van der Waals surface area contributed by atoms with Gasteiger partial charge in [-0.15, -0.1) is 6.58 Å². The van der Waals surface area contributed by atoms with Gasteiger partial charge in [-0.3, -0.25) is 0 Å². The summed E-state index contributed by atoms with van der Waals surface area (Å²) in [7, 11) is 0. The molecule has 0 N–H and O–H groups in total. The van der Waals surface area contributed by atoms with E-state index in [-0.39, 0.29) is 0 Å². The average Bonchev–Trinajstić information content (AvgIpc) is 2.43. The molecule has 0 unspecified atom stereocenters. The van der Waals surface area contributed by atoms with E-state index in [1.165, 1.54) is 19.3 Å². The Hall–Kier alpha value is -0.520. The van der Waals surface area contributed by atoms with Gasteiger partial charge in [0, 0.05) is 0 Å². The van der Waals surface area contributed by atoms with Crippen LogP contribution in [0.15, 0.2) is 24.8 Å². The van der Waals surface area contributed by atoms with Crippen LogP contribution in [0.4, 0.5) is 0 Å². The van der Waals surface area contributed by atoms with Crippen molar-refractivity contribution in [3.05, 3.63) is 24.8 Å². The minimum atomic E-state index is 1.08. The molecule has 0 aromatic heterocycles. The number of unbranched alkanes of at least 4 members (excludes halogenated alkanes) is 1. The fourth-order valence-electron chi connectivity index (χ4n) is 0.236. The first-order valence-corrected chi connectivity index (χ1v) is 7.88. The van der Waals surface area contributed by atoms with Crippen molar-refractivity contribution in [1.29, 1.82) is 0 Å². The summed E-state index contributed by atoms with van der Waals surface area (Å²) >= 11 is 0. The van der Waals surface area contributed by atoms with Crippen LogP contribution in [0.25, 0.3) is 0 Å². The van der Waals surface area contributed by atoms with Gasteiger partial charge in [0.05, 0.1) is 0 Å². The highest BCUT2D eigenvalue weighted by molar-refractivity contribution is 4.73. The van der Waals surface area contributed by atoms with Crippen molar-refractivity contribution < 1.29 is 0 Å². The lowest BCUT2D eigenvalue weighted by molar-refractivity contribution is 0.886. The van der Waals surface area contributed by atoms with E-state index in [4.69, 9.17) is 0 Å². The van der Waals surface area contributed by atoms with E-state index < -0.39 is 0 Å². The summed E-state index contributed by atoms with van der Waals surface area (Å²) in [5.74, 6) is 0. The average molecular weight is 259 g/mol. The molecule has 0 aromatic carbocycles. The quantitative estimate of drug-likeness (QED) is 0.453. The summed E-state index contributed by atoms with van der Waals surface area (Å²) in [6.45, 7) is 22.3. The molecular formula is C18H42. The third-order valence-electron chi connectivity index (χ3n) is 1.26. The van der Waals surface area contributed by atoms with Gasteiger partial charge in [0.1, 0.15) is 0 Å². The molecule has 0 bridgehead atoms. The van der Waals surface area contributed by atoms with Crippen molar-refractivity contribution in [3.8, 4) is 0 Å². The second-order valence-corrected chi connectivity index (χ2v) is 3.38. The highest BCUT2D eigenvalue weighted by Crippen LogP contribution is 1.76. The first kappa shape index (κ1) is 30.5. The molecule has 0 atom stereocenters. The lowest BCUT2D eigenvalue weighted by Gasteiger charge is -1.68. The SMILES string of the molecule is C/C=C\CC.C=CCC.CC.CCC.CCCC. The van der Waals surface area contributed by atoms with Gasteiger partial charge < -0.3 is 0 Å². The Morgan fingerprint density at radius 2 is 1.06 bits per heavy atom. The monoisotopic (exact) mass is 258 g/mol. The van der Waals surface area contributed by atoms with Crippen LogP contribution in [0.3, 0.4) is 0 Å². The number of rotatable bonds is 3. The van der Waals surface area contributed by atoms with E-state index in [9.17, 15) is 0 Å². The summed E-state index contributed by atoms with van der Waals surface area (Å²) < 4.78 is 0. The molecule has 0 spiro atoms. The van der Waals surface area contributed by atoms with Gasteiger partial charge in [0.2, 0.25) is 0 Å². The van der Waals surface area contributed by atoms with Gasteiger partial charge in [0.15, 0.2) is 0 Å². The van der Waals surface area contributed by atoms with Crippen LogP contribution in [0.1, 0.15) is 94.4 Å². The molecule has 0 saturated carbocycles. The van der Waals surface area contributed by atoms with Gasteiger partial charge in [-0.05, 0) is 19.8 Å². The lowest BCUT2D eigenvalue weighted by atomic mass is 10.4. The minimum absolute atomic E-state index is 1.08. The zero-order chi connectivity index (χ0) is 15.7. The fraction of sp³-hybridized carbons (Fsp3) is 0.778. The van der Waals surface area contributed by atoms with Gasteiger partial charge in [-0.25, -0.2) is 0 Å². The van der Waals surface area contributed by atoms with Gasteiger partial charge in [-0.2, -0.15) is 0 Å². The fourth-order valence-corrected chi connectivity index (χ4v) is 0.236. The van der Waals surface area contributed by atoms with E-state index >= 15 is 0 Å². The molecule has 0 heterocycles. The van der Waals surface area contributed by atoms with Crippen LogP contribution in [0.2, 0.25) is 0 Å². The van der Waals surface area contributed by atoms with Gasteiger partial charge in [-0.1, -0.05) is 92.9 Å². The van der Waals surface area contributed by atoms with Crippen molar-refractivity contribution in [3.63, 3.8) is 0 Å². The Labute approximate surface area is 120 Å². The Morgan fingerprint density at radius 3 is 1.06 bits per heavy atom. The maximum absolute atomic E-state index is 3.48. The smallest absolute Gasteiger partial charge is 0.0379 e. The first-order valence-electron chi connectivity index (χ1n) is 7.88. The second kappa shape index (κ2) is 70.6. The van der Waals surface area contributed by atoms with Gasteiger partial charge >= 0.3 is 0 Å². The zero-order valence-electron chi connectivity index (χ0n) is 15.0. The molecule has 0 rings (SSSR count). The number of allylic oxidation sites excluding steroid dienone is 3. The molecule has 0 saturated heterocycles.